The van der Waals surface area contributed by atoms with E-state index in [2.05, 4.69) is 49.9 Å². The van der Waals surface area contributed by atoms with Crippen LogP contribution in [0.25, 0.3) is 0 Å². The average molecular weight is 207 g/mol. The highest BCUT2D eigenvalue weighted by molar-refractivity contribution is 5.35. The zero-order chi connectivity index (χ0) is 11.5. The topological polar surface area (TPSA) is 37.8 Å². The van der Waals surface area contributed by atoms with Crippen LogP contribution in [-0.2, 0) is 0 Å². The van der Waals surface area contributed by atoms with Crippen molar-refractivity contribution in [2.24, 2.45) is 5.41 Å². The van der Waals surface area contributed by atoms with Crippen LogP contribution in [0.1, 0.15) is 46.2 Å². The first-order chi connectivity index (χ1) is 6.88. The van der Waals surface area contributed by atoms with E-state index in [0.29, 0.717) is 5.92 Å². The van der Waals surface area contributed by atoms with Gasteiger partial charge in [-0.1, -0.05) is 34.6 Å². The summed E-state index contributed by atoms with van der Waals surface area (Å²) in [6.45, 7) is 11.8. The van der Waals surface area contributed by atoms with Gasteiger partial charge in [-0.05, 0) is 11.3 Å². The summed E-state index contributed by atoms with van der Waals surface area (Å²) in [5.41, 5.74) is 1.35. The molecule has 1 heterocycles. The van der Waals surface area contributed by atoms with E-state index in [1.807, 2.05) is 6.07 Å². The average Bonchev–Trinajstić information content (AvgIpc) is 2.14. The van der Waals surface area contributed by atoms with E-state index in [1.165, 1.54) is 0 Å². The van der Waals surface area contributed by atoms with Gasteiger partial charge in [-0.25, -0.2) is 9.97 Å². The smallest absolute Gasteiger partial charge is 0.129 e. The Morgan fingerprint density at radius 3 is 2.47 bits per heavy atom. The van der Waals surface area contributed by atoms with Crippen molar-refractivity contribution in [3.05, 3.63) is 18.1 Å². The van der Waals surface area contributed by atoms with Crippen molar-refractivity contribution in [1.29, 1.82) is 0 Å². The van der Waals surface area contributed by atoms with Crippen molar-refractivity contribution < 1.29 is 0 Å². The van der Waals surface area contributed by atoms with Crippen LogP contribution in [0.4, 0.5) is 5.82 Å². The van der Waals surface area contributed by atoms with Gasteiger partial charge >= 0.3 is 0 Å². The number of nitrogens with one attached hydrogen (secondary N) is 1. The monoisotopic (exact) mass is 207 g/mol. The van der Waals surface area contributed by atoms with Gasteiger partial charge in [0.05, 0.1) is 0 Å². The van der Waals surface area contributed by atoms with Crippen molar-refractivity contribution >= 4 is 5.82 Å². The van der Waals surface area contributed by atoms with Gasteiger partial charge in [-0.15, -0.1) is 0 Å². The van der Waals surface area contributed by atoms with E-state index >= 15 is 0 Å². The zero-order valence-electron chi connectivity index (χ0n) is 10.3. The molecule has 0 saturated heterocycles. The Balaban J connectivity index is 2.66. The largest absolute Gasteiger partial charge is 0.369 e. The number of hydrogen-bond acceptors (Lipinski definition) is 3. The lowest BCUT2D eigenvalue weighted by atomic mass is 9.97. The molecule has 1 rings (SSSR count). The fourth-order valence-corrected chi connectivity index (χ4v) is 1.14. The molecular weight excluding hydrogens is 186 g/mol. The molecule has 0 aliphatic rings. The van der Waals surface area contributed by atoms with Crippen LogP contribution in [0.2, 0.25) is 0 Å². The predicted octanol–water partition coefficient (Wildman–Crippen LogP) is 3.06. The molecule has 1 aromatic heterocycles. The summed E-state index contributed by atoms with van der Waals surface area (Å²) in [5.74, 6) is 1.37. The van der Waals surface area contributed by atoms with E-state index in [1.54, 1.807) is 6.33 Å². The first-order valence-electron chi connectivity index (χ1n) is 5.44. The van der Waals surface area contributed by atoms with Crippen molar-refractivity contribution in [1.82, 2.24) is 9.97 Å². The Morgan fingerprint density at radius 2 is 1.93 bits per heavy atom. The van der Waals surface area contributed by atoms with Crippen molar-refractivity contribution in [3.63, 3.8) is 0 Å². The summed E-state index contributed by atoms with van der Waals surface area (Å²) in [6.07, 6.45) is 1.63. The molecule has 0 radical (unpaired) electrons. The maximum atomic E-state index is 4.23. The van der Waals surface area contributed by atoms with Gasteiger partial charge in [0.25, 0.3) is 0 Å². The van der Waals surface area contributed by atoms with Crippen molar-refractivity contribution in [2.75, 3.05) is 11.9 Å². The Bertz CT molecular complexity index is 313. The lowest BCUT2D eigenvalue weighted by molar-refractivity contribution is 0.442. The third-order valence-electron chi connectivity index (χ3n) is 2.08. The van der Waals surface area contributed by atoms with Crippen molar-refractivity contribution in [2.45, 2.75) is 40.5 Å². The summed E-state index contributed by atoms with van der Waals surface area (Å²) in [4.78, 5) is 8.43. The molecule has 0 atom stereocenters. The maximum absolute atomic E-state index is 4.23. The third kappa shape index (κ3) is 4.28. The number of nitrogens with zero attached hydrogens (tertiary/aromatic N) is 2. The van der Waals surface area contributed by atoms with Gasteiger partial charge < -0.3 is 5.32 Å². The van der Waals surface area contributed by atoms with Crippen LogP contribution in [0.15, 0.2) is 12.4 Å². The second kappa shape index (κ2) is 4.60. The molecule has 3 heteroatoms. The Morgan fingerprint density at radius 1 is 1.27 bits per heavy atom. The minimum atomic E-state index is 0.267. The standard InChI is InChI=1S/C12H21N3/c1-9(2)10-6-11(15-8-14-10)13-7-12(3,4)5/h6,8-9H,7H2,1-5H3,(H,13,14,15). The molecule has 0 aliphatic carbocycles. The fourth-order valence-electron chi connectivity index (χ4n) is 1.14. The second-order valence-electron chi connectivity index (χ2n) is 5.40. The molecule has 1 N–H and O–H groups in total. The molecule has 15 heavy (non-hydrogen) atoms. The number of hydrogen-bond donors (Lipinski definition) is 1. The van der Waals surface area contributed by atoms with Crippen LogP contribution in [-0.4, -0.2) is 16.5 Å². The number of aromatic nitrogens is 2. The van der Waals surface area contributed by atoms with Crippen LogP contribution >= 0.6 is 0 Å². The first kappa shape index (κ1) is 12.0. The number of rotatable bonds is 3. The molecule has 0 aromatic carbocycles. The van der Waals surface area contributed by atoms with Gasteiger partial charge in [0.1, 0.15) is 12.1 Å². The highest BCUT2D eigenvalue weighted by atomic mass is 15.0. The summed E-state index contributed by atoms with van der Waals surface area (Å²) >= 11 is 0. The highest BCUT2D eigenvalue weighted by Gasteiger charge is 2.10. The van der Waals surface area contributed by atoms with E-state index < -0.39 is 0 Å². The van der Waals surface area contributed by atoms with Gasteiger partial charge in [-0.2, -0.15) is 0 Å². The van der Waals surface area contributed by atoms with Gasteiger partial charge in [0.2, 0.25) is 0 Å². The van der Waals surface area contributed by atoms with E-state index in [-0.39, 0.29) is 5.41 Å². The third-order valence-corrected chi connectivity index (χ3v) is 2.08. The summed E-state index contributed by atoms with van der Waals surface area (Å²) in [7, 11) is 0. The SMILES string of the molecule is CC(C)c1cc(NCC(C)(C)C)ncn1. The summed E-state index contributed by atoms with van der Waals surface area (Å²) in [5, 5.41) is 3.33. The Labute approximate surface area is 92.3 Å². The molecule has 0 fully saturated rings. The molecular formula is C12H21N3. The van der Waals surface area contributed by atoms with Crippen LogP contribution in [0, 0.1) is 5.41 Å². The van der Waals surface area contributed by atoms with Gasteiger partial charge in [0.15, 0.2) is 0 Å². The Kier molecular flexibility index (Phi) is 3.66. The molecule has 0 bridgehead atoms. The summed E-state index contributed by atoms with van der Waals surface area (Å²) in [6, 6.07) is 2.02. The minimum Gasteiger partial charge on any atom is -0.369 e. The molecule has 84 valence electrons. The van der Waals surface area contributed by atoms with Crippen LogP contribution in [0.3, 0.4) is 0 Å². The van der Waals surface area contributed by atoms with E-state index in [0.717, 1.165) is 18.1 Å². The summed E-state index contributed by atoms with van der Waals surface area (Å²) < 4.78 is 0. The predicted molar refractivity (Wildman–Crippen MR) is 64.1 cm³/mol. The van der Waals surface area contributed by atoms with Crippen LogP contribution in [0.5, 0.6) is 0 Å². The molecule has 1 aromatic rings. The maximum Gasteiger partial charge on any atom is 0.129 e. The molecule has 0 spiro atoms. The molecule has 0 saturated carbocycles. The Hall–Kier alpha value is -1.12. The van der Waals surface area contributed by atoms with Gasteiger partial charge in [-0.3, -0.25) is 0 Å². The minimum absolute atomic E-state index is 0.267. The van der Waals surface area contributed by atoms with Crippen LogP contribution < -0.4 is 5.32 Å². The molecule has 3 nitrogen and oxygen atoms in total. The second-order valence-corrected chi connectivity index (χ2v) is 5.40. The normalized spacial score (nSPS) is 11.9. The molecule has 0 amide bonds. The first-order valence-corrected chi connectivity index (χ1v) is 5.44. The number of anilines is 1. The zero-order valence-corrected chi connectivity index (χ0v) is 10.3. The fraction of sp³-hybridized carbons (Fsp3) is 0.667. The highest BCUT2D eigenvalue weighted by Crippen LogP contribution is 2.16. The van der Waals surface area contributed by atoms with E-state index in [9.17, 15) is 0 Å². The lowest BCUT2D eigenvalue weighted by Gasteiger charge is -2.19. The molecule has 0 unspecified atom stereocenters. The van der Waals surface area contributed by atoms with Gasteiger partial charge in [0, 0.05) is 18.3 Å². The quantitative estimate of drug-likeness (QED) is 0.827. The van der Waals surface area contributed by atoms with E-state index in [4.69, 9.17) is 0 Å². The molecule has 0 aliphatic heterocycles. The lowest BCUT2D eigenvalue weighted by Crippen LogP contribution is -2.19. The van der Waals surface area contributed by atoms with Crippen molar-refractivity contribution in [3.8, 4) is 0 Å².